The van der Waals surface area contributed by atoms with Gasteiger partial charge < -0.3 is 10.0 Å². The van der Waals surface area contributed by atoms with E-state index in [9.17, 15) is 9.90 Å². The summed E-state index contributed by atoms with van der Waals surface area (Å²) in [5, 5.41) is 12.2. The highest BCUT2D eigenvalue weighted by molar-refractivity contribution is 7.13. The van der Waals surface area contributed by atoms with Crippen molar-refractivity contribution in [3.05, 3.63) is 40.9 Å². The van der Waals surface area contributed by atoms with Crippen LogP contribution in [-0.4, -0.2) is 58.1 Å². The lowest BCUT2D eigenvalue weighted by Crippen LogP contribution is -2.42. The number of benzene rings is 1. The standard InChI is InChI=1S/C21H27N3O2S/c25-21(26)17-7-4-6-16(12-17)20-22-18(15-27-20)13-24-11-5-8-19(24)14-23-9-2-1-3-10-23/h4,6-7,12,15,19H,1-3,5,8-11,13-14H2,(H,25,26). The van der Waals surface area contributed by atoms with Crippen molar-refractivity contribution >= 4 is 17.3 Å². The molecular formula is C21H27N3O2S. The first kappa shape index (κ1) is 18.6. The topological polar surface area (TPSA) is 56.7 Å². The Hall–Kier alpha value is -1.76. The molecule has 1 aromatic heterocycles. The first-order chi connectivity index (χ1) is 13.2. The zero-order valence-corrected chi connectivity index (χ0v) is 16.5. The van der Waals surface area contributed by atoms with E-state index in [0.717, 1.165) is 29.4 Å². The van der Waals surface area contributed by atoms with Gasteiger partial charge >= 0.3 is 5.97 Å². The summed E-state index contributed by atoms with van der Waals surface area (Å²) in [5.41, 5.74) is 2.30. The van der Waals surface area contributed by atoms with E-state index in [-0.39, 0.29) is 0 Å². The summed E-state index contributed by atoms with van der Waals surface area (Å²) in [6, 6.07) is 7.69. The number of aromatic nitrogens is 1. The van der Waals surface area contributed by atoms with Crippen LogP contribution in [0.25, 0.3) is 10.6 Å². The summed E-state index contributed by atoms with van der Waals surface area (Å²) >= 11 is 1.60. The molecule has 0 spiro atoms. The largest absolute Gasteiger partial charge is 0.478 e. The van der Waals surface area contributed by atoms with E-state index in [4.69, 9.17) is 4.98 Å². The highest BCUT2D eigenvalue weighted by atomic mass is 32.1. The van der Waals surface area contributed by atoms with Crippen molar-refractivity contribution in [1.29, 1.82) is 0 Å². The van der Waals surface area contributed by atoms with Crippen LogP contribution in [0.5, 0.6) is 0 Å². The van der Waals surface area contributed by atoms with E-state index in [0.29, 0.717) is 11.6 Å². The predicted molar refractivity (Wildman–Crippen MR) is 108 cm³/mol. The molecule has 1 aromatic carbocycles. The number of carboxylic acids is 1. The molecule has 5 nitrogen and oxygen atoms in total. The minimum absolute atomic E-state index is 0.311. The van der Waals surface area contributed by atoms with Crippen LogP contribution in [0, 0.1) is 0 Å². The molecular weight excluding hydrogens is 358 g/mol. The summed E-state index contributed by atoms with van der Waals surface area (Å²) in [7, 11) is 0. The van der Waals surface area contributed by atoms with Crippen molar-refractivity contribution in [3.8, 4) is 10.6 Å². The molecule has 1 atom stereocenters. The second-order valence-electron chi connectivity index (χ2n) is 7.66. The maximum Gasteiger partial charge on any atom is 0.335 e. The molecule has 2 fully saturated rings. The molecule has 0 bridgehead atoms. The van der Waals surface area contributed by atoms with Gasteiger partial charge in [-0.3, -0.25) is 4.90 Å². The lowest BCUT2D eigenvalue weighted by molar-refractivity contribution is 0.0697. The van der Waals surface area contributed by atoms with Crippen LogP contribution in [0.15, 0.2) is 29.6 Å². The van der Waals surface area contributed by atoms with Crippen LogP contribution in [0.2, 0.25) is 0 Å². The van der Waals surface area contributed by atoms with Crippen LogP contribution < -0.4 is 0 Å². The van der Waals surface area contributed by atoms with Gasteiger partial charge in [-0.1, -0.05) is 18.6 Å². The summed E-state index contributed by atoms with van der Waals surface area (Å²) < 4.78 is 0. The minimum atomic E-state index is -0.897. The summed E-state index contributed by atoms with van der Waals surface area (Å²) in [6.45, 7) is 5.75. The van der Waals surface area contributed by atoms with E-state index in [2.05, 4.69) is 15.2 Å². The number of rotatable bonds is 6. The fourth-order valence-corrected chi connectivity index (χ4v) is 5.06. The van der Waals surface area contributed by atoms with Gasteiger partial charge in [-0.25, -0.2) is 9.78 Å². The second kappa shape index (κ2) is 8.50. The quantitative estimate of drug-likeness (QED) is 0.816. The van der Waals surface area contributed by atoms with E-state index in [1.807, 2.05) is 6.07 Å². The lowest BCUT2D eigenvalue weighted by Gasteiger charge is -2.32. The van der Waals surface area contributed by atoms with Crippen LogP contribution in [0.1, 0.15) is 48.2 Å². The molecule has 4 rings (SSSR count). The fraction of sp³-hybridized carbons (Fsp3) is 0.524. The number of hydrogen-bond acceptors (Lipinski definition) is 5. The molecule has 27 heavy (non-hydrogen) atoms. The maximum absolute atomic E-state index is 11.2. The van der Waals surface area contributed by atoms with Crippen molar-refractivity contribution in [1.82, 2.24) is 14.8 Å². The first-order valence-electron chi connectivity index (χ1n) is 9.93. The number of likely N-dealkylation sites (tertiary alicyclic amines) is 2. The monoisotopic (exact) mass is 385 g/mol. The zero-order chi connectivity index (χ0) is 18.6. The molecule has 0 saturated carbocycles. The van der Waals surface area contributed by atoms with Crippen LogP contribution in [0.4, 0.5) is 0 Å². The molecule has 0 aliphatic carbocycles. The summed E-state index contributed by atoms with van der Waals surface area (Å²) in [6.07, 6.45) is 6.63. The third kappa shape index (κ3) is 4.57. The predicted octanol–water partition coefficient (Wildman–Crippen LogP) is 3.96. The number of piperidine rings is 1. The Kier molecular flexibility index (Phi) is 5.86. The normalized spacial score (nSPS) is 21.6. The van der Waals surface area contributed by atoms with Crippen molar-refractivity contribution in [2.45, 2.75) is 44.7 Å². The minimum Gasteiger partial charge on any atom is -0.478 e. The highest BCUT2D eigenvalue weighted by Gasteiger charge is 2.27. The average molecular weight is 386 g/mol. The molecule has 2 aliphatic rings. The molecule has 0 amide bonds. The van der Waals surface area contributed by atoms with Crippen LogP contribution in [0.3, 0.4) is 0 Å². The van der Waals surface area contributed by atoms with Gasteiger partial charge in [-0.2, -0.15) is 0 Å². The molecule has 1 unspecified atom stereocenters. The van der Waals surface area contributed by atoms with Gasteiger partial charge in [0.15, 0.2) is 0 Å². The Morgan fingerprint density at radius 3 is 2.85 bits per heavy atom. The molecule has 2 aliphatic heterocycles. The Balaban J connectivity index is 1.41. The Morgan fingerprint density at radius 2 is 2.04 bits per heavy atom. The Morgan fingerprint density at radius 1 is 1.19 bits per heavy atom. The summed E-state index contributed by atoms with van der Waals surface area (Å²) in [5.74, 6) is -0.897. The van der Waals surface area contributed by atoms with Gasteiger partial charge in [0.25, 0.3) is 0 Å². The van der Waals surface area contributed by atoms with Crippen molar-refractivity contribution in [2.75, 3.05) is 26.2 Å². The smallest absolute Gasteiger partial charge is 0.335 e. The fourth-order valence-electron chi connectivity index (χ4n) is 4.26. The third-order valence-corrected chi connectivity index (χ3v) is 6.63. The van der Waals surface area contributed by atoms with Gasteiger partial charge in [0.1, 0.15) is 5.01 Å². The van der Waals surface area contributed by atoms with Gasteiger partial charge in [0.05, 0.1) is 11.3 Å². The summed E-state index contributed by atoms with van der Waals surface area (Å²) in [4.78, 5) is 21.2. The molecule has 3 heterocycles. The van der Waals surface area contributed by atoms with E-state index < -0.39 is 5.97 Å². The van der Waals surface area contributed by atoms with E-state index in [1.54, 1.807) is 29.5 Å². The molecule has 2 aromatic rings. The van der Waals surface area contributed by atoms with Gasteiger partial charge in [0, 0.05) is 30.1 Å². The highest BCUT2D eigenvalue weighted by Crippen LogP contribution is 2.27. The Bertz CT molecular complexity index is 785. The van der Waals surface area contributed by atoms with Crippen LogP contribution in [-0.2, 0) is 6.54 Å². The van der Waals surface area contributed by atoms with Gasteiger partial charge in [-0.05, 0) is 57.5 Å². The number of thiazole rings is 1. The number of carbonyl (C=O) groups is 1. The second-order valence-corrected chi connectivity index (χ2v) is 8.52. The SMILES string of the molecule is O=C(O)c1cccc(-c2nc(CN3CCCC3CN3CCCCC3)cs2)c1. The number of nitrogens with zero attached hydrogens (tertiary/aromatic N) is 3. The zero-order valence-electron chi connectivity index (χ0n) is 15.6. The molecule has 6 heteroatoms. The number of carboxylic acid groups (broad SMARTS) is 1. The van der Waals surface area contributed by atoms with Crippen molar-refractivity contribution in [3.63, 3.8) is 0 Å². The lowest BCUT2D eigenvalue weighted by atomic mass is 10.1. The van der Waals surface area contributed by atoms with Gasteiger partial charge in [-0.15, -0.1) is 11.3 Å². The number of hydrogen-bond donors (Lipinski definition) is 1. The van der Waals surface area contributed by atoms with Gasteiger partial charge in [0.2, 0.25) is 0 Å². The van der Waals surface area contributed by atoms with Crippen molar-refractivity contribution in [2.24, 2.45) is 0 Å². The maximum atomic E-state index is 11.2. The third-order valence-electron chi connectivity index (χ3n) is 5.69. The van der Waals surface area contributed by atoms with Crippen molar-refractivity contribution < 1.29 is 9.90 Å². The molecule has 1 N–H and O–H groups in total. The Labute approximate surface area is 164 Å². The van der Waals surface area contributed by atoms with Crippen LogP contribution >= 0.6 is 11.3 Å². The molecule has 144 valence electrons. The first-order valence-corrected chi connectivity index (χ1v) is 10.8. The average Bonchev–Trinajstić information content (AvgIpc) is 3.33. The van der Waals surface area contributed by atoms with E-state index >= 15 is 0 Å². The number of aromatic carboxylic acids is 1. The van der Waals surface area contributed by atoms with E-state index in [1.165, 1.54) is 51.7 Å². The molecule has 2 saturated heterocycles. The molecule has 0 radical (unpaired) electrons.